The van der Waals surface area contributed by atoms with Crippen LogP contribution in [0.15, 0.2) is 24.3 Å². The Morgan fingerprint density at radius 1 is 1.15 bits per heavy atom. The average Bonchev–Trinajstić information content (AvgIpc) is 2.57. The maximum atomic E-state index is 13.0. The van der Waals surface area contributed by atoms with Crippen molar-refractivity contribution in [3.63, 3.8) is 0 Å². The molecule has 154 valence electrons. The number of benzene rings is 1. The molecule has 0 aliphatic rings. The highest BCUT2D eigenvalue weighted by atomic mass is 35.5. The van der Waals surface area contributed by atoms with Gasteiger partial charge in [0.25, 0.3) is 0 Å². The molecule has 1 aromatic rings. The van der Waals surface area contributed by atoms with Crippen LogP contribution in [0.1, 0.15) is 39.4 Å². The van der Waals surface area contributed by atoms with Gasteiger partial charge < -0.3 is 21.1 Å². The number of hydrogen-bond donors (Lipinski definition) is 3. The minimum absolute atomic E-state index is 0. The standard InChI is InChI=1S/C19H30FN3O3.ClH/c1-12(2)10-23(11-16(24)14-5-7-15(20)8-6-14)17(25)9-22-19(26)18(21)13(3)4;/h5-8,12-13,16,18,24H,9-11,21H2,1-4H3,(H,22,26);1H/t16?,18-;/m0./s1. The zero-order valence-electron chi connectivity index (χ0n) is 16.3. The van der Waals surface area contributed by atoms with Gasteiger partial charge in [0.2, 0.25) is 11.8 Å². The van der Waals surface area contributed by atoms with Crippen LogP contribution in [0, 0.1) is 17.7 Å². The molecule has 0 bridgehead atoms. The molecule has 1 aromatic carbocycles. The van der Waals surface area contributed by atoms with Crippen LogP contribution in [0.3, 0.4) is 0 Å². The smallest absolute Gasteiger partial charge is 0.242 e. The van der Waals surface area contributed by atoms with Gasteiger partial charge in [0, 0.05) is 6.54 Å². The SMILES string of the molecule is CC(C)CN(CC(O)c1ccc(F)cc1)C(=O)CNC(=O)[C@@H](N)C(C)C.Cl. The van der Waals surface area contributed by atoms with Crippen LogP contribution in [-0.4, -0.2) is 47.5 Å². The molecular weight excluding hydrogens is 373 g/mol. The van der Waals surface area contributed by atoms with Crippen molar-refractivity contribution in [1.29, 1.82) is 0 Å². The Hall–Kier alpha value is -1.70. The number of aliphatic hydroxyl groups excluding tert-OH is 1. The Morgan fingerprint density at radius 3 is 2.19 bits per heavy atom. The Bertz CT molecular complexity index is 596. The normalized spacial score (nSPS) is 13.1. The number of rotatable bonds is 9. The summed E-state index contributed by atoms with van der Waals surface area (Å²) in [6.45, 7) is 7.89. The molecule has 0 saturated carbocycles. The first-order valence-corrected chi connectivity index (χ1v) is 8.86. The van der Waals surface area contributed by atoms with Gasteiger partial charge >= 0.3 is 0 Å². The number of amides is 2. The van der Waals surface area contributed by atoms with Gasteiger partial charge in [0.15, 0.2) is 0 Å². The van der Waals surface area contributed by atoms with Gasteiger partial charge in [-0.05, 0) is 29.5 Å². The second-order valence-electron chi connectivity index (χ2n) is 7.25. The minimum Gasteiger partial charge on any atom is -0.387 e. The summed E-state index contributed by atoms with van der Waals surface area (Å²) >= 11 is 0. The number of nitrogens with zero attached hydrogens (tertiary/aromatic N) is 1. The molecule has 0 saturated heterocycles. The van der Waals surface area contributed by atoms with Gasteiger partial charge in [-0.3, -0.25) is 9.59 Å². The maximum absolute atomic E-state index is 13.0. The van der Waals surface area contributed by atoms with Crippen molar-refractivity contribution in [2.24, 2.45) is 17.6 Å². The summed E-state index contributed by atoms with van der Waals surface area (Å²) in [6, 6.07) is 4.83. The van der Waals surface area contributed by atoms with Crippen molar-refractivity contribution in [3.8, 4) is 0 Å². The molecule has 0 heterocycles. The summed E-state index contributed by atoms with van der Waals surface area (Å²) in [5, 5.41) is 12.9. The van der Waals surface area contributed by atoms with Crippen LogP contribution in [-0.2, 0) is 9.59 Å². The number of aliphatic hydroxyl groups is 1. The molecular formula is C19H31ClFN3O3. The third kappa shape index (κ3) is 8.69. The first-order valence-electron chi connectivity index (χ1n) is 8.86. The Labute approximate surface area is 166 Å². The van der Waals surface area contributed by atoms with Crippen molar-refractivity contribution >= 4 is 24.2 Å². The number of carbonyl (C=O) groups is 2. The van der Waals surface area contributed by atoms with E-state index in [4.69, 9.17) is 5.73 Å². The summed E-state index contributed by atoms with van der Waals surface area (Å²) in [6.07, 6.45) is -0.938. The molecule has 0 aromatic heterocycles. The fourth-order valence-electron chi connectivity index (χ4n) is 2.41. The van der Waals surface area contributed by atoms with E-state index in [1.165, 1.54) is 29.2 Å². The summed E-state index contributed by atoms with van der Waals surface area (Å²) in [7, 11) is 0. The van der Waals surface area contributed by atoms with Gasteiger partial charge in [-0.15, -0.1) is 12.4 Å². The molecule has 1 rings (SSSR count). The highest BCUT2D eigenvalue weighted by Crippen LogP contribution is 2.16. The second-order valence-corrected chi connectivity index (χ2v) is 7.25. The molecule has 2 atom stereocenters. The van der Waals surface area contributed by atoms with E-state index in [2.05, 4.69) is 5.32 Å². The van der Waals surface area contributed by atoms with Gasteiger partial charge in [-0.2, -0.15) is 0 Å². The number of nitrogens with two attached hydrogens (primary N) is 1. The van der Waals surface area contributed by atoms with Crippen LogP contribution < -0.4 is 11.1 Å². The highest BCUT2D eigenvalue weighted by Gasteiger charge is 2.22. The summed E-state index contributed by atoms with van der Waals surface area (Å²) in [5.74, 6) is -0.911. The van der Waals surface area contributed by atoms with Gasteiger partial charge in [-0.1, -0.05) is 39.8 Å². The predicted molar refractivity (Wildman–Crippen MR) is 106 cm³/mol. The molecule has 2 amide bonds. The Morgan fingerprint density at radius 2 is 1.70 bits per heavy atom. The zero-order chi connectivity index (χ0) is 19.9. The number of carbonyl (C=O) groups excluding carboxylic acids is 2. The van der Waals surface area contributed by atoms with E-state index in [9.17, 15) is 19.1 Å². The molecule has 6 nitrogen and oxygen atoms in total. The largest absolute Gasteiger partial charge is 0.387 e. The molecule has 1 unspecified atom stereocenters. The van der Waals surface area contributed by atoms with E-state index in [0.717, 1.165) is 0 Å². The summed E-state index contributed by atoms with van der Waals surface area (Å²) in [4.78, 5) is 25.9. The molecule has 0 aliphatic heterocycles. The average molecular weight is 404 g/mol. The number of hydrogen-bond acceptors (Lipinski definition) is 4. The molecule has 0 radical (unpaired) electrons. The predicted octanol–water partition coefficient (Wildman–Crippen LogP) is 1.86. The molecule has 4 N–H and O–H groups in total. The lowest BCUT2D eigenvalue weighted by Gasteiger charge is -2.27. The van der Waals surface area contributed by atoms with Gasteiger partial charge in [0.1, 0.15) is 5.82 Å². The Balaban J connectivity index is 0.00000676. The molecule has 0 fully saturated rings. The monoisotopic (exact) mass is 403 g/mol. The molecule has 8 heteroatoms. The van der Waals surface area contributed by atoms with E-state index in [1.807, 2.05) is 27.7 Å². The summed E-state index contributed by atoms with van der Waals surface area (Å²) in [5.41, 5.74) is 6.29. The van der Waals surface area contributed by atoms with Crippen molar-refractivity contribution < 1.29 is 19.1 Å². The van der Waals surface area contributed by atoms with Crippen molar-refractivity contribution in [2.45, 2.75) is 39.8 Å². The van der Waals surface area contributed by atoms with Crippen LogP contribution in [0.5, 0.6) is 0 Å². The Kier molecular flexibility index (Phi) is 11.1. The third-order valence-electron chi connectivity index (χ3n) is 4.02. The van der Waals surface area contributed by atoms with E-state index >= 15 is 0 Å². The van der Waals surface area contributed by atoms with Crippen LogP contribution in [0.25, 0.3) is 0 Å². The summed E-state index contributed by atoms with van der Waals surface area (Å²) < 4.78 is 13.0. The zero-order valence-corrected chi connectivity index (χ0v) is 17.1. The first-order chi connectivity index (χ1) is 12.1. The van der Waals surface area contributed by atoms with Crippen molar-refractivity contribution in [2.75, 3.05) is 19.6 Å². The quantitative estimate of drug-likeness (QED) is 0.586. The lowest BCUT2D eigenvalue weighted by molar-refractivity contribution is -0.135. The third-order valence-corrected chi connectivity index (χ3v) is 4.02. The van der Waals surface area contributed by atoms with Crippen LogP contribution in [0.4, 0.5) is 4.39 Å². The van der Waals surface area contributed by atoms with Crippen molar-refractivity contribution in [1.82, 2.24) is 10.2 Å². The van der Waals surface area contributed by atoms with Crippen LogP contribution in [0.2, 0.25) is 0 Å². The lowest BCUT2D eigenvalue weighted by atomic mass is 10.1. The lowest BCUT2D eigenvalue weighted by Crippen LogP contribution is -2.49. The number of halogens is 2. The van der Waals surface area contributed by atoms with Crippen LogP contribution >= 0.6 is 12.4 Å². The molecule has 0 spiro atoms. The van der Waals surface area contributed by atoms with E-state index in [-0.39, 0.29) is 55.0 Å². The fourth-order valence-corrected chi connectivity index (χ4v) is 2.41. The topological polar surface area (TPSA) is 95.7 Å². The van der Waals surface area contributed by atoms with E-state index in [1.54, 1.807) is 0 Å². The molecule has 0 aliphatic carbocycles. The maximum Gasteiger partial charge on any atom is 0.242 e. The fraction of sp³-hybridized carbons (Fsp3) is 0.579. The van der Waals surface area contributed by atoms with E-state index < -0.39 is 12.1 Å². The van der Waals surface area contributed by atoms with Crippen molar-refractivity contribution in [3.05, 3.63) is 35.6 Å². The highest BCUT2D eigenvalue weighted by molar-refractivity contribution is 5.87. The molecule has 27 heavy (non-hydrogen) atoms. The number of nitrogens with one attached hydrogen (secondary N) is 1. The van der Waals surface area contributed by atoms with E-state index in [0.29, 0.717) is 12.1 Å². The minimum atomic E-state index is -0.938. The first kappa shape index (κ1) is 25.3. The van der Waals surface area contributed by atoms with Gasteiger partial charge in [0.05, 0.1) is 25.2 Å². The van der Waals surface area contributed by atoms with Gasteiger partial charge in [-0.25, -0.2) is 4.39 Å². The second kappa shape index (κ2) is 11.9.